The van der Waals surface area contributed by atoms with Gasteiger partial charge in [0.1, 0.15) is 0 Å². The molecule has 0 aromatic carbocycles. The van der Waals surface area contributed by atoms with E-state index in [4.69, 9.17) is 16.3 Å². The van der Waals surface area contributed by atoms with Gasteiger partial charge in [-0.1, -0.05) is 11.6 Å². The summed E-state index contributed by atoms with van der Waals surface area (Å²) in [5.74, 6) is 0. The molecule has 1 N–H and O–H groups in total. The van der Waals surface area contributed by atoms with Crippen LogP contribution in [0, 0.1) is 0 Å². The second-order valence-corrected chi connectivity index (χ2v) is 5.50. The molecule has 0 bridgehead atoms. The van der Waals surface area contributed by atoms with E-state index < -0.39 is 0 Å². The second-order valence-electron chi connectivity index (χ2n) is 3.96. The topological polar surface area (TPSA) is 21.3 Å². The van der Waals surface area contributed by atoms with Crippen LogP contribution in [0.1, 0.15) is 31.4 Å². The van der Waals surface area contributed by atoms with Gasteiger partial charge in [0.25, 0.3) is 0 Å². The van der Waals surface area contributed by atoms with Crippen molar-refractivity contribution in [1.82, 2.24) is 5.32 Å². The summed E-state index contributed by atoms with van der Waals surface area (Å²) in [5, 5.41) is 5.74. The van der Waals surface area contributed by atoms with Crippen LogP contribution in [0.5, 0.6) is 0 Å². The molecule has 1 unspecified atom stereocenters. The Hall–Kier alpha value is -0.0900. The van der Waals surface area contributed by atoms with Crippen LogP contribution in [0.4, 0.5) is 0 Å². The minimum atomic E-state index is 0.386. The second kappa shape index (κ2) is 5.30. The SMILES string of the molecule is CC(NC1CCOCC1)c1csc(Cl)c1. The smallest absolute Gasteiger partial charge is 0.0931 e. The van der Waals surface area contributed by atoms with Gasteiger partial charge in [-0.05, 0) is 36.8 Å². The first-order chi connectivity index (χ1) is 7.25. The fourth-order valence-electron chi connectivity index (χ4n) is 1.86. The van der Waals surface area contributed by atoms with Crippen LogP contribution in [0.25, 0.3) is 0 Å². The molecule has 1 aromatic rings. The summed E-state index contributed by atoms with van der Waals surface area (Å²) in [6.07, 6.45) is 2.23. The van der Waals surface area contributed by atoms with Crippen LogP contribution in [0.3, 0.4) is 0 Å². The third kappa shape index (κ3) is 3.18. The Balaban J connectivity index is 1.88. The van der Waals surface area contributed by atoms with Gasteiger partial charge in [-0.15, -0.1) is 11.3 Å². The third-order valence-corrected chi connectivity index (χ3v) is 3.90. The van der Waals surface area contributed by atoms with Crippen molar-refractivity contribution >= 4 is 22.9 Å². The van der Waals surface area contributed by atoms with Crippen molar-refractivity contribution in [3.63, 3.8) is 0 Å². The zero-order chi connectivity index (χ0) is 10.7. The lowest BCUT2D eigenvalue weighted by molar-refractivity contribution is 0.0754. The van der Waals surface area contributed by atoms with Gasteiger partial charge in [0.2, 0.25) is 0 Å². The third-order valence-electron chi connectivity index (χ3n) is 2.79. The molecule has 2 nitrogen and oxygen atoms in total. The molecule has 0 amide bonds. The monoisotopic (exact) mass is 245 g/mol. The maximum Gasteiger partial charge on any atom is 0.0931 e. The highest BCUT2D eigenvalue weighted by atomic mass is 35.5. The number of hydrogen-bond acceptors (Lipinski definition) is 3. The van der Waals surface area contributed by atoms with Gasteiger partial charge in [0.05, 0.1) is 4.34 Å². The van der Waals surface area contributed by atoms with Gasteiger partial charge in [-0.2, -0.15) is 0 Å². The van der Waals surface area contributed by atoms with Crippen LogP contribution in [-0.4, -0.2) is 19.3 Å². The fourth-order valence-corrected chi connectivity index (χ4v) is 2.85. The summed E-state index contributed by atoms with van der Waals surface area (Å²) in [4.78, 5) is 0. The van der Waals surface area contributed by atoms with Crippen molar-refractivity contribution in [2.75, 3.05) is 13.2 Å². The lowest BCUT2D eigenvalue weighted by Gasteiger charge is -2.26. The lowest BCUT2D eigenvalue weighted by Crippen LogP contribution is -2.36. The number of rotatable bonds is 3. The minimum absolute atomic E-state index is 0.386. The van der Waals surface area contributed by atoms with E-state index in [-0.39, 0.29) is 0 Å². The van der Waals surface area contributed by atoms with E-state index in [1.807, 2.05) is 6.07 Å². The zero-order valence-electron chi connectivity index (χ0n) is 8.83. The number of thiophene rings is 1. The Morgan fingerprint density at radius 2 is 2.27 bits per heavy atom. The zero-order valence-corrected chi connectivity index (χ0v) is 10.4. The quantitative estimate of drug-likeness (QED) is 0.883. The van der Waals surface area contributed by atoms with Gasteiger partial charge in [0, 0.05) is 25.3 Å². The fraction of sp³-hybridized carbons (Fsp3) is 0.636. The van der Waals surface area contributed by atoms with Gasteiger partial charge >= 0.3 is 0 Å². The molecule has 1 aromatic heterocycles. The van der Waals surface area contributed by atoms with Crippen molar-refractivity contribution in [2.45, 2.75) is 31.8 Å². The summed E-state index contributed by atoms with van der Waals surface area (Å²) in [6.45, 7) is 3.96. The molecule has 0 aliphatic carbocycles. The molecule has 4 heteroatoms. The summed E-state index contributed by atoms with van der Waals surface area (Å²) in [7, 11) is 0. The maximum atomic E-state index is 5.92. The number of hydrogen-bond donors (Lipinski definition) is 1. The highest BCUT2D eigenvalue weighted by Gasteiger charge is 2.17. The van der Waals surface area contributed by atoms with E-state index in [1.54, 1.807) is 11.3 Å². The summed E-state index contributed by atoms with van der Waals surface area (Å²) >= 11 is 7.51. The van der Waals surface area contributed by atoms with E-state index in [0.717, 1.165) is 30.4 Å². The summed E-state index contributed by atoms with van der Waals surface area (Å²) < 4.78 is 6.20. The maximum absolute atomic E-state index is 5.92. The average Bonchev–Trinajstić information content (AvgIpc) is 2.66. The molecule has 2 heterocycles. The van der Waals surface area contributed by atoms with E-state index in [0.29, 0.717) is 12.1 Å². The normalized spacial score (nSPS) is 20.4. The molecule has 0 saturated carbocycles. The molecular weight excluding hydrogens is 230 g/mol. The predicted octanol–water partition coefficient (Wildman–Crippen LogP) is 3.23. The van der Waals surface area contributed by atoms with Gasteiger partial charge in [-0.25, -0.2) is 0 Å². The molecule has 1 aliphatic heterocycles. The molecule has 1 saturated heterocycles. The molecule has 2 rings (SSSR count). The first kappa shape index (κ1) is 11.4. The van der Waals surface area contributed by atoms with E-state index in [1.165, 1.54) is 5.56 Å². The summed E-state index contributed by atoms with van der Waals surface area (Å²) in [6, 6.07) is 3.02. The number of ether oxygens (including phenoxy) is 1. The molecule has 84 valence electrons. The van der Waals surface area contributed by atoms with Crippen LogP contribution in [0.15, 0.2) is 11.4 Å². The van der Waals surface area contributed by atoms with Crippen LogP contribution in [0.2, 0.25) is 4.34 Å². The molecule has 1 aliphatic rings. The Bertz CT molecular complexity index is 309. The van der Waals surface area contributed by atoms with E-state index >= 15 is 0 Å². The highest BCUT2D eigenvalue weighted by molar-refractivity contribution is 7.14. The Morgan fingerprint density at radius 3 is 2.87 bits per heavy atom. The largest absolute Gasteiger partial charge is 0.381 e. The van der Waals surface area contributed by atoms with Crippen molar-refractivity contribution in [1.29, 1.82) is 0 Å². The van der Waals surface area contributed by atoms with Crippen LogP contribution < -0.4 is 5.32 Å². The minimum Gasteiger partial charge on any atom is -0.381 e. The number of nitrogens with one attached hydrogen (secondary N) is 1. The van der Waals surface area contributed by atoms with Crippen molar-refractivity contribution in [3.8, 4) is 0 Å². The molecule has 15 heavy (non-hydrogen) atoms. The summed E-state index contributed by atoms with van der Waals surface area (Å²) in [5.41, 5.74) is 1.29. The predicted molar refractivity (Wildman–Crippen MR) is 64.7 cm³/mol. The lowest BCUT2D eigenvalue weighted by atomic mass is 10.1. The van der Waals surface area contributed by atoms with Crippen molar-refractivity contribution in [2.24, 2.45) is 0 Å². The van der Waals surface area contributed by atoms with E-state index in [9.17, 15) is 0 Å². The molecule has 1 atom stereocenters. The highest BCUT2D eigenvalue weighted by Crippen LogP contribution is 2.25. The van der Waals surface area contributed by atoms with Gasteiger partial charge in [0.15, 0.2) is 0 Å². The molecular formula is C11H16ClNOS. The average molecular weight is 246 g/mol. The van der Waals surface area contributed by atoms with Gasteiger partial charge < -0.3 is 10.1 Å². The number of halogens is 1. The first-order valence-corrected chi connectivity index (χ1v) is 6.59. The molecule has 0 radical (unpaired) electrons. The van der Waals surface area contributed by atoms with Crippen LogP contribution in [-0.2, 0) is 4.74 Å². The standard InChI is InChI=1S/C11H16ClNOS/c1-8(9-6-11(12)15-7-9)13-10-2-4-14-5-3-10/h6-8,10,13H,2-5H2,1H3. The van der Waals surface area contributed by atoms with Gasteiger partial charge in [-0.3, -0.25) is 0 Å². The Labute approximate surface area is 99.6 Å². The molecule has 0 spiro atoms. The molecule has 1 fully saturated rings. The van der Waals surface area contributed by atoms with Crippen molar-refractivity contribution < 1.29 is 4.74 Å². The van der Waals surface area contributed by atoms with E-state index in [2.05, 4.69) is 17.6 Å². The first-order valence-electron chi connectivity index (χ1n) is 5.33. The Kier molecular flexibility index (Phi) is 4.03. The van der Waals surface area contributed by atoms with Crippen LogP contribution >= 0.6 is 22.9 Å². The van der Waals surface area contributed by atoms with Crippen molar-refractivity contribution in [3.05, 3.63) is 21.3 Å². The Morgan fingerprint density at radius 1 is 1.53 bits per heavy atom.